The van der Waals surface area contributed by atoms with Crippen LogP contribution in [0.15, 0.2) is 0 Å². The van der Waals surface area contributed by atoms with Crippen molar-refractivity contribution in [3.05, 3.63) is 0 Å². The lowest BCUT2D eigenvalue weighted by Gasteiger charge is -2.51. The van der Waals surface area contributed by atoms with E-state index in [1.54, 1.807) is 0 Å². The number of carbonyl (C=O) groups is 2. The van der Waals surface area contributed by atoms with Crippen molar-refractivity contribution in [1.29, 1.82) is 0 Å². The topological polar surface area (TPSA) is 40.6 Å². The van der Waals surface area contributed by atoms with Crippen LogP contribution in [0.2, 0.25) is 0 Å². The molecule has 1 saturated carbocycles. The Kier molecular flexibility index (Phi) is 3.74. The lowest BCUT2D eigenvalue weighted by molar-refractivity contribution is -0.167. The second-order valence-electron chi connectivity index (χ2n) is 7.88. The molecule has 1 aliphatic carbocycles. The fraction of sp³-hybridized carbons (Fsp3) is 0.882. The standard InChI is InChI=1S/C17H28N2O2/c1-12-15(20)18-10-5-4-8-14(18)16(21)19(12)13-7-6-9-17(2,3)11-13/h12-14H,4-11H2,1-3H3. The van der Waals surface area contributed by atoms with Crippen molar-refractivity contribution in [3.8, 4) is 0 Å². The van der Waals surface area contributed by atoms with E-state index in [4.69, 9.17) is 0 Å². The van der Waals surface area contributed by atoms with Gasteiger partial charge in [-0.15, -0.1) is 0 Å². The van der Waals surface area contributed by atoms with E-state index in [9.17, 15) is 9.59 Å². The molecule has 2 saturated heterocycles. The molecule has 3 fully saturated rings. The summed E-state index contributed by atoms with van der Waals surface area (Å²) < 4.78 is 0. The third-order valence-electron chi connectivity index (χ3n) is 5.67. The molecule has 0 spiro atoms. The molecule has 2 aliphatic heterocycles. The second-order valence-corrected chi connectivity index (χ2v) is 7.88. The number of piperazine rings is 1. The van der Waals surface area contributed by atoms with Gasteiger partial charge in [0.15, 0.2) is 0 Å². The minimum absolute atomic E-state index is 0.169. The molecule has 2 amide bonds. The van der Waals surface area contributed by atoms with Crippen LogP contribution in [-0.4, -0.2) is 46.3 Å². The van der Waals surface area contributed by atoms with Gasteiger partial charge in [0.25, 0.3) is 0 Å². The van der Waals surface area contributed by atoms with E-state index < -0.39 is 0 Å². The molecule has 3 rings (SSSR count). The van der Waals surface area contributed by atoms with Gasteiger partial charge < -0.3 is 9.80 Å². The van der Waals surface area contributed by atoms with Crippen LogP contribution in [0.25, 0.3) is 0 Å². The SMILES string of the molecule is CC1C(=O)N2CCCCC2C(=O)N1C1CCCC(C)(C)C1. The zero-order chi connectivity index (χ0) is 15.2. The number of amides is 2. The number of piperidine rings is 1. The smallest absolute Gasteiger partial charge is 0.246 e. The number of hydrogen-bond acceptors (Lipinski definition) is 2. The molecule has 4 nitrogen and oxygen atoms in total. The predicted octanol–water partition coefficient (Wildman–Crippen LogP) is 2.57. The molecule has 3 aliphatic rings. The summed E-state index contributed by atoms with van der Waals surface area (Å²) in [5.74, 6) is 0.382. The molecular formula is C17H28N2O2. The van der Waals surface area contributed by atoms with Crippen molar-refractivity contribution in [1.82, 2.24) is 9.80 Å². The van der Waals surface area contributed by atoms with Gasteiger partial charge in [-0.25, -0.2) is 0 Å². The highest BCUT2D eigenvalue weighted by molar-refractivity contribution is 5.97. The van der Waals surface area contributed by atoms with E-state index in [1.165, 1.54) is 6.42 Å². The predicted molar refractivity (Wildman–Crippen MR) is 81.7 cm³/mol. The molecule has 0 aromatic rings. The molecule has 0 bridgehead atoms. The van der Waals surface area contributed by atoms with Crippen molar-refractivity contribution >= 4 is 11.8 Å². The Morgan fingerprint density at radius 1 is 1.05 bits per heavy atom. The summed E-state index contributed by atoms with van der Waals surface area (Å²) in [6.07, 6.45) is 7.43. The monoisotopic (exact) mass is 292 g/mol. The van der Waals surface area contributed by atoms with Crippen LogP contribution in [0, 0.1) is 5.41 Å². The lowest BCUT2D eigenvalue weighted by atomic mass is 9.74. The van der Waals surface area contributed by atoms with Crippen molar-refractivity contribution < 1.29 is 9.59 Å². The third-order valence-corrected chi connectivity index (χ3v) is 5.67. The maximum Gasteiger partial charge on any atom is 0.246 e. The first-order valence-electron chi connectivity index (χ1n) is 8.53. The Morgan fingerprint density at radius 3 is 2.52 bits per heavy atom. The molecule has 21 heavy (non-hydrogen) atoms. The highest BCUT2D eigenvalue weighted by Crippen LogP contribution is 2.39. The van der Waals surface area contributed by atoms with E-state index in [-0.39, 0.29) is 35.4 Å². The second kappa shape index (κ2) is 5.29. The number of carbonyl (C=O) groups excluding carboxylic acids is 2. The Balaban J connectivity index is 1.84. The van der Waals surface area contributed by atoms with Gasteiger partial charge in [-0.1, -0.05) is 20.3 Å². The minimum Gasteiger partial charge on any atom is -0.329 e. The molecule has 4 heteroatoms. The van der Waals surface area contributed by atoms with E-state index in [2.05, 4.69) is 13.8 Å². The molecule has 3 unspecified atom stereocenters. The minimum atomic E-state index is -0.272. The Hall–Kier alpha value is -1.06. The van der Waals surface area contributed by atoms with Crippen LogP contribution in [0.4, 0.5) is 0 Å². The van der Waals surface area contributed by atoms with E-state index in [0.717, 1.165) is 45.1 Å². The van der Waals surface area contributed by atoms with E-state index in [1.807, 2.05) is 16.7 Å². The Labute approximate surface area is 127 Å². The van der Waals surface area contributed by atoms with Gasteiger partial charge in [-0.3, -0.25) is 9.59 Å². The van der Waals surface area contributed by atoms with Crippen LogP contribution in [-0.2, 0) is 9.59 Å². The fourth-order valence-electron chi connectivity index (χ4n) is 4.57. The molecule has 0 aromatic carbocycles. The van der Waals surface area contributed by atoms with E-state index in [0.29, 0.717) is 0 Å². The molecule has 2 heterocycles. The average Bonchev–Trinajstić information content (AvgIpc) is 2.44. The molecule has 0 aromatic heterocycles. The lowest BCUT2D eigenvalue weighted by Crippen LogP contribution is -2.67. The first-order valence-corrected chi connectivity index (χ1v) is 8.53. The van der Waals surface area contributed by atoms with Crippen LogP contribution in [0.1, 0.15) is 65.7 Å². The van der Waals surface area contributed by atoms with Gasteiger partial charge >= 0.3 is 0 Å². The van der Waals surface area contributed by atoms with Crippen molar-refractivity contribution in [3.63, 3.8) is 0 Å². The number of fused-ring (bicyclic) bond motifs is 1. The molecule has 3 atom stereocenters. The number of rotatable bonds is 1. The largest absolute Gasteiger partial charge is 0.329 e. The van der Waals surface area contributed by atoms with Gasteiger partial charge in [-0.2, -0.15) is 0 Å². The highest BCUT2D eigenvalue weighted by Gasteiger charge is 2.48. The van der Waals surface area contributed by atoms with Crippen LogP contribution >= 0.6 is 0 Å². The van der Waals surface area contributed by atoms with Crippen LogP contribution in [0.3, 0.4) is 0 Å². The third kappa shape index (κ3) is 2.58. The van der Waals surface area contributed by atoms with Crippen molar-refractivity contribution in [2.45, 2.75) is 83.8 Å². The van der Waals surface area contributed by atoms with Crippen molar-refractivity contribution in [2.24, 2.45) is 5.41 Å². The van der Waals surface area contributed by atoms with Gasteiger partial charge in [0.2, 0.25) is 11.8 Å². The molecule has 0 N–H and O–H groups in total. The summed E-state index contributed by atoms with van der Waals surface area (Å²) in [5, 5.41) is 0. The zero-order valence-corrected chi connectivity index (χ0v) is 13.6. The summed E-state index contributed by atoms with van der Waals surface area (Å²) in [7, 11) is 0. The molecule has 0 radical (unpaired) electrons. The summed E-state index contributed by atoms with van der Waals surface area (Å²) in [6, 6.07) is -0.192. The van der Waals surface area contributed by atoms with Gasteiger partial charge in [0, 0.05) is 12.6 Å². The Morgan fingerprint density at radius 2 is 1.81 bits per heavy atom. The average molecular weight is 292 g/mol. The maximum absolute atomic E-state index is 13.0. The normalized spacial score (nSPS) is 36.6. The fourth-order valence-corrected chi connectivity index (χ4v) is 4.57. The van der Waals surface area contributed by atoms with E-state index >= 15 is 0 Å². The van der Waals surface area contributed by atoms with Crippen molar-refractivity contribution in [2.75, 3.05) is 6.54 Å². The zero-order valence-electron chi connectivity index (χ0n) is 13.6. The molecule has 118 valence electrons. The van der Waals surface area contributed by atoms with Crippen LogP contribution in [0.5, 0.6) is 0 Å². The highest BCUT2D eigenvalue weighted by atomic mass is 16.2. The number of nitrogens with zero attached hydrogens (tertiary/aromatic N) is 2. The summed E-state index contributed by atoms with van der Waals surface area (Å²) in [6.45, 7) is 7.26. The Bertz CT molecular complexity index is 446. The van der Waals surface area contributed by atoms with Gasteiger partial charge in [0.1, 0.15) is 12.1 Å². The van der Waals surface area contributed by atoms with Gasteiger partial charge in [-0.05, 0) is 50.9 Å². The first-order chi connectivity index (χ1) is 9.91. The summed E-state index contributed by atoms with van der Waals surface area (Å²) in [4.78, 5) is 29.4. The maximum atomic E-state index is 13.0. The summed E-state index contributed by atoms with van der Waals surface area (Å²) in [5.41, 5.74) is 0.287. The number of hydrogen-bond donors (Lipinski definition) is 0. The summed E-state index contributed by atoms with van der Waals surface area (Å²) >= 11 is 0. The van der Waals surface area contributed by atoms with Gasteiger partial charge in [0.05, 0.1) is 0 Å². The first kappa shape index (κ1) is 14.9. The van der Waals surface area contributed by atoms with Crippen LogP contribution < -0.4 is 0 Å². The molecular weight excluding hydrogens is 264 g/mol. The quantitative estimate of drug-likeness (QED) is 0.745.